The fourth-order valence-electron chi connectivity index (χ4n) is 4.15. The number of rotatable bonds is 10. The van der Waals surface area contributed by atoms with E-state index < -0.39 is 28.5 Å². The highest BCUT2D eigenvalue weighted by Gasteiger charge is 2.33. The SMILES string of the molecule is CNC(=O)[C@@H](Cc1ccccc1)N(Cc1ccccc1C)C(=O)CN(c1cccc(Cl)c1C)S(C)(=O)=O. The second-order valence-electron chi connectivity index (χ2n) is 8.92. The summed E-state index contributed by atoms with van der Waals surface area (Å²) in [7, 11) is -2.33. The Balaban J connectivity index is 2.07. The van der Waals surface area contributed by atoms with Gasteiger partial charge in [0, 0.05) is 25.0 Å². The summed E-state index contributed by atoms with van der Waals surface area (Å²) in [6.45, 7) is 3.30. The van der Waals surface area contributed by atoms with Gasteiger partial charge in [-0.1, -0.05) is 72.3 Å². The maximum absolute atomic E-state index is 13.9. The number of hydrogen-bond donors (Lipinski definition) is 1. The van der Waals surface area contributed by atoms with E-state index >= 15 is 0 Å². The van der Waals surface area contributed by atoms with Crippen LogP contribution in [0.3, 0.4) is 0 Å². The van der Waals surface area contributed by atoms with E-state index in [1.54, 1.807) is 25.1 Å². The number of carbonyl (C=O) groups is 2. The second-order valence-corrected chi connectivity index (χ2v) is 11.2. The zero-order valence-corrected chi connectivity index (χ0v) is 23.0. The molecule has 0 saturated heterocycles. The molecule has 1 N–H and O–H groups in total. The van der Waals surface area contributed by atoms with Crippen LogP contribution in [0.2, 0.25) is 5.02 Å². The van der Waals surface area contributed by atoms with Crippen molar-refractivity contribution in [2.75, 3.05) is 24.2 Å². The number of aryl methyl sites for hydroxylation is 1. The standard InChI is InChI=1S/C28H32ClN3O4S/c1-20-11-8-9-14-23(20)18-31(26(28(34)30-3)17-22-12-6-5-7-13-22)27(33)19-32(37(4,35)36)25-16-10-15-24(29)21(25)2/h5-16,26H,17-19H2,1-4H3,(H,30,34)/t26-/m1/s1. The third-order valence-corrected chi connectivity index (χ3v) is 7.84. The van der Waals surface area contributed by atoms with Crippen molar-refractivity contribution in [1.82, 2.24) is 10.2 Å². The van der Waals surface area contributed by atoms with Gasteiger partial charge in [0.05, 0.1) is 11.9 Å². The number of sulfonamides is 1. The van der Waals surface area contributed by atoms with Gasteiger partial charge in [0.2, 0.25) is 21.8 Å². The number of nitrogens with zero attached hydrogens (tertiary/aromatic N) is 2. The van der Waals surface area contributed by atoms with Gasteiger partial charge in [0.15, 0.2) is 0 Å². The number of anilines is 1. The van der Waals surface area contributed by atoms with E-state index in [-0.39, 0.29) is 18.9 Å². The molecule has 0 saturated carbocycles. The Morgan fingerprint density at radius 3 is 2.22 bits per heavy atom. The summed E-state index contributed by atoms with van der Waals surface area (Å²) in [4.78, 5) is 28.5. The Kier molecular flexibility index (Phi) is 9.34. The molecule has 0 fully saturated rings. The fraction of sp³-hybridized carbons (Fsp3) is 0.286. The van der Waals surface area contributed by atoms with E-state index in [2.05, 4.69) is 5.32 Å². The Hall–Kier alpha value is -3.36. The summed E-state index contributed by atoms with van der Waals surface area (Å²) in [6, 6.07) is 21.1. The first-order valence-corrected chi connectivity index (χ1v) is 14.1. The molecule has 3 rings (SSSR count). The van der Waals surface area contributed by atoms with Crippen LogP contribution in [0.25, 0.3) is 0 Å². The van der Waals surface area contributed by atoms with Crippen LogP contribution < -0.4 is 9.62 Å². The lowest BCUT2D eigenvalue weighted by Crippen LogP contribution is -2.53. The highest BCUT2D eigenvalue weighted by atomic mass is 35.5. The highest BCUT2D eigenvalue weighted by molar-refractivity contribution is 7.92. The van der Waals surface area contributed by atoms with Gasteiger partial charge in [-0.05, 0) is 48.2 Å². The van der Waals surface area contributed by atoms with Crippen LogP contribution in [-0.4, -0.2) is 51.0 Å². The van der Waals surface area contributed by atoms with Crippen LogP contribution in [0.4, 0.5) is 5.69 Å². The number of halogens is 1. The quantitative estimate of drug-likeness (QED) is 0.418. The second kappa shape index (κ2) is 12.3. The zero-order chi connectivity index (χ0) is 27.2. The summed E-state index contributed by atoms with van der Waals surface area (Å²) < 4.78 is 26.7. The van der Waals surface area contributed by atoms with E-state index in [0.717, 1.165) is 27.3 Å². The number of benzene rings is 3. The first kappa shape index (κ1) is 28.2. The smallest absolute Gasteiger partial charge is 0.244 e. The van der Waals surface area contributed by atoms with E-state index in [9.17, 15) is 18.0 Å². The molecule has 0 spiro atoms. The molecular weight excluding hydrogens is 510 g/mol. The molecule has 2 amide bonds. The van der Waals surface area contributed by atoms with Crippen LogP contribution >= 0.6 is 11.6 Å². The van der Waals surface area contributed by atoms with E-state index in [1.165, 1.54) is 11.9 Å². The Morgan fingerprint density at radius 2 is 1.59 bits per heavy atom. The minimum absolute atomic E-state index is 0.141. The molecule has 196 valence electrons. The maximum Gasteiger partial charge on any atom is 0.244 e. The predicted octanol–water partition coefficient (Wildman–Crippen LogP) is 4.11. The van der Waals surface area contributed by atoms with Crippen molar-refractivity contribution in [3.63, 3.8) is 0 Å². The highest BCUT2D eigenvalue weighted by Crippen LogP contribution is 2.28. The van der Waals surface area contributed by atoms with Crippen molar-refractivity contribution in [3.05, 3.63) is 100 Å². The van der Waals surface area contributed by atoms with Crippen molar-refractivity contribution >= 4 is 39.1 Å². The third kappa shape index (κ3) is 7.11. The van der Waals surface area contributed by atoms with Crippen molar-refractivity contribution in [1.29, 1.82) is 0 Å². The lowest BCUT2D eigenvalue weighted by molar-refractivity contribution is -0.139. The molecule has 0 aromatic heterocycles. The number of nitrogens with one attached hydrogen (secondary N) is 1. The lowest BCUT2D eigenvalue weighted by Gasteiger charge is -2.34. The number of likely N-dealkylation sites (N-methyl/N-ethyl adjacent to an activating group) is 1. The Morgan fingerprint density at radius 1 is 0.946 bits per heavy atom. The van der Waals surface area contributed by atoms with Gasteiger partial charge >= 0.3 is 0 Å². The average Bonchev–Trinajstić information content (AvgIpc) is 2.87. The Bertz CT molecular complexity index is 1360. The molecule has 0 aliphatic heterocycles. The van der Waals surface area contributed by atoms with Crippen LogP contribution in [-0.2, 0) is 32.6 Å². The van der Waals surface area contributed by atoms with Gasteiger partial charge in [0.25, 0.3) is 0 Å². The molecule has 0 bridgehead atoms. The van der Waals surface area contributed by atoms with E-state index in [0.29, 0.717) is 16.3 Å². The largest absolute Gasteiger partial charge is 0.357 e. The topological polar surface area (TPSA) is 86.8 Å². The summed E-state index contributed by atoms with van der Waals surface area (Å²) in [6.07, 6.45) is 1.32. The molecule has 0 aliphatic rings. The molecule has 37 heavy (non-hydrogen) atoms. The van der Waals surface area contributed by atoms with Gasteiger partial charge in [-0.25, -0.2) is 8.42 Å². The molecule has 0 radical (unpaired) electrons. The minimum atomic E-state index is -3.85. The molecule has 3 aromatic rings. The molecule has 1 atom stereocenters. The normalized spacial score (nSPS) is 12.0. The van der Waals surface area contributed by atoms with Crippen LogP contribution in [0.15, 0.2) is 72.8 Å². The van der Waals surface area contributed by atoms with Crippen LogP contribution in [0.1, 0.15) is 22.3 Å². The van der Waals surface area contributed by atoms with Gasteiger partial charge < -0.3 is 10.2 Å². The van der Waals surface area contributed by atoms with Crippen molar-refractivity contribution in [2.45, 2.75) is 32.9 Å². The summed E-state index contributed by atoms with van der Waals surface area (Å²) in [5.74, 6) is -0.840. The minimum Gasteiger partial charge on any atom is -0.357 e. The van der Waals surface area contributed by atoms with Crippen LogP contribution in [0, 0.1) is 13.8 Å². The molecular formula is C28H32ClN3O4S. The molecule has 9 heteroatoms. The fourth-order valence-corrected chi connectivity index (χ4v) is 5.22. The number of hydrogen-bond acceptors (Lipinski definition) is 4. The van der Waals surface area contributed by atoms with E-state index in [1.807, 2.05) is 61.5 Å². The lowest BCUT2D eigenvalue weighted by atomic mass is 10.0. The maximum atomic E-state index is 13.9. The van der Waals surface area contributed by atoms with Crippen molar-refractivity contribution in [3.8, 4) is 0 Å². The number of carbonyl (C=O) groups excluding carboxylic acids is 2. The summed E-state index contributed by atoms with van der Waals surface area (Å²) in [5, 5.41) is 3.06. The predicted molar refractivity (Wildman–Crippen MR) is 148 cm³/mol. The summed E-state index contributed by atoms with van der Waals surface area (Å²) in [5.41, 5.74) is 3.56. The molecule has 0 unspecified atom stereocenters. The van der Waals surface area contributed by atoms with Gasteiger partial charge in [-0.3, -0.25) is 13.9 Å². The van der Waals surface area contributed by atoms with E-state index in [4.69, 9.17) is 11.6 Å². The molecule has 0 heterocycles. The van der Waals surface area contributed by atoms with Crippen LogP contribution in [0.5, 0.6) is 0 Å². The zero-order valence-electron chi connectivity index (χ0n) is 21.4. The van der Waals surface area contributed by atoms with Gasteiger partial charge in [-0.2, -0.15) is 0 Å². The van der Waals surface area contributed by atoms with Crippen molar-refractivity contribution < 1.29 is 18.0 Å². The first-order valence-electron chi connectivity index (χ1n) is 11.8. The monoisotopic (exact) mass is 541 g/mol. The molecule has 3 aromatic carbocycles. The summed E-state index contributed by atoms with van der Waals surface area (Å²) >= 11 is 6.26. The van der Waals surface area contributed by atoms with Gasteiger partial charge in [-0.15, -0.1) is 0 Å². The average molecular weight is 542 g/mol. The van der Waals surface area contributed by atoms with Gasteiger partial charge in [0.1, 0.15) is 12.6 Å². The molecule has 7 nitrogen and oxygen atoms in total. The van der Waals surface area contributed by atoms with Crippen molar-refractivity contribution in [2.24, 2.45) is 0 Å². The number of amides is 2. The third-order valence-electron chi connectivity index (χ3n) is 6.31. The Labute approximate surface area is 224 Å². The molecule has 0 aliphatic carbocycles. The first-order chi connectivity index (χ1) is 17.5.